The SMILES string of the molecule is CCCCN1CCN(CCC)CCN(CCC)CCN(CC(=O)OC)CC1. The fraction of sp³-hybridized carbons (Fsp3) is 0.952. The summed E-state index contributed by atoms with van der Waals surface area (Å²) < 4.78 is 4.92. The van der Waals surface area contributed by atoms with Gasteiger partial charge in [-0.3, -0.25) is 9.69 Å². The van der Waals surface area contributed by atoms with E-state index in [1.165, 1.54) is 39.3 Å². The van der Waals surface area contributed by atoms with Crippen LogP contribution in [0.3, 0.4) is 0 Å². The molecule has 1 aliphatic heterocycles. The molecule has 0 aromatic carbocycles. The molecule has 0 bridgehead atoms. The van der Waals surface area contributed by atoms with Crippen LogP contribution in [0, 0.1) is 0 Å². The van der Waals surface area contributed by atoms with Gasteiger partial charge in [-0.25, -0.2) is 0 Å². The van der Waals surface area contributed by atoms with Crippen molar-refractivity contribution in [3.63, 3.8) is 0 Å². The Morgan fingerprint density at radius 2 is 1.07 bits per heavy atom. The van der Waals surface area contributed by atoms with Crippen LogP contribution in [0.15, 0.2) is 0 Å². The van der Waals surface area contributed by atoms with Crippen molar-refractivity contribution >= 4 is 5.97 Å². The maximum Gasteiger partial charge on any atom is 0.319 e. The summed E-state index contributed by atoms with van der Waals surface area (Å²) in [6.45, 7) is 19.1. The average Bonchev–Trinajstić information content (AvgIpc) is 2.67. The van der Waals surface area contributed by atoms with Crippen molar-refractivity contribution in [2.24, 2.45) is 0 Å². The zero-order valence-corrected chi connectivity index (χ0v) is 18.4. The maximum atomic E-state index is 11.8. The predicted octanol–water partition coefficient (Wildman–Crippen LogP) is 2.00. The molecule has 1 fully saturated rings. The largest absolute Gasteiger partial charge is 0.468 e. The van der Waals surface area contributed by atoms with Gasteiger partial charge in [-0.15, -0.1) is 0 Å². The quantitative estimate of drug-likeness (QED) is 0.566. The van der Waals surface area contributed by atoms with Crippen LogP contribution in [-0.2, 0) is 9.53 Å². The third kappa shape index (κ3) is 11.0. The first-order chi connectivity index (χ1) is 13.1. The molecule has 0 unspecified atom stereocenters. The lowest BCUT2D eigenvalue weighted by Crippen LogP contribution is -2.47. The highest BCUT2D eigenvalue weighted by molar-refractivity contribution is 5.71. The van der Waals surface area contributed by atoms with Crippen LogP contribution in [-0.4, -0.2) is 111 Å². The number of unbranched alkanes of at least 4 members (excludes halogenated alkanes) is 1. The Hall–Kier alpha value is -0.690. The molecular formula is C21H44N4O2. The van der Waals surface area contributed by atoms with Crippen molar-refractivity contribution in [2.75, 3.05) is 85.6 Å². The summed E-state index contributed by atoms with van der Waals surface area (Å²) in [7, 11) is 1.48. The fourth-order valence-electron chi connectivity index (χ4n) is 3.67. The predicted molar refractivity (Wildman–Crippen MR) is 113 cm³/mol. The minimum atomic E-state index is -0.127. The third-order valence-electron chi connectivity index (χ3n) is 5.42. The fourth-order valence-corrected chi connectivity index (χ4v) is 3.67. The smallest absolute Gasteiger partial charge is 0.319 e. The van der Waals surface area contributed by atoms with Crippen molar-refractivity contribution in [1.82, 2.24) is 19.6 Å². The van der Waals surface area contributed by atoms with E-state index in [1.54, 1.807) is 0 Å². The second-order valence-corrected chi connectivity index (χ2v) is 7.73. The lowest BCUT2D eigenvalue weighted by Gasteiger charge is -2.34. The Balaban J connectivity index is 2.77. The average molecular weight is 385 g/mol. The Labute approximate surface area is 167 Å². The van der Waals surface area contributed by atoms with Crippen LogP contribution in [0.4, 0.5) is 0 Å². The molecule has 160 valence electrons. The number of nitrogens with zero attached hydrogens (tertiary/aromatic N) is 4. The van der Waals surface area contributed by atoms with Gasteiger partial charge in [0.25, 0.3) is 0 Å². The normalized spacial score (nSPS) is 20.1. The van der Waals surface area contributed by atoms with Crippen LogP contribution in [0.2, 0.25) is 0 Å². The van der Waals surface area contributed by atoms with E-state index in [4.69, 9.17) is 4.74 Å². The molecule has 0 saturated carbocycles. The minimum Gasteiger partial charge on any atom is -0.468 e. The summed E-state index contributed by atoms with van der Waals surface area (Å²) in [5.74, 6) is -0.127. The van der Waals surface area contributed by atoms with E-state index in [-0.39, 0.29) is 5.97 Å². The van der Waals surface area contributed by atoms with Crippen molar-refractivity contribution in [3.05, 3.63) is 0 Å². The van der Waals surface area contributed by atoms with Gasteiger partial charge in [0, 0.05) is 52.4 Å². The minimum absolute atomic E-state index is 0.127. The summed E-state index contributed by atoms with van der Waals surface area (Å²) in [4.78, 5) is 21.9. The monoisotopic (exact) mass is 384 g/mol. The van der Waals surface area contributed by atoms with Gasteiger partial charge in [0.1, 0.15) is 0 Å². The van der Waals surface area contributed by atoms with Crippen LogP contribution >= 0.6 is 0 Å². The van der Waals surface area contributed by atoms with Gasteiger partial charge in [0.05, 0.1) is 13.7 Å². The van der Waals surface area contributed by atoms with E-state index in [0.717, 1.165) is 65.4 Å². The Morgan fingerprint density at radius 3 is 1.44 bits per heavy atom. The Morgan fingerprint density at radius 1 is 0.667 bits per heavy atom. The second-order valence-electron chi connectivity index (χ2n) is 7.73. The molecule has 1 aliphatic rings. The van der Waals surface area contributed by atoms with Crippen molar-refractivity contribution in [2.45, 2.75) is 46.5 Å². The number of ether oxygens (including phenoxy) is 1. The molecule has 1 rings (SSSR count). The molecule has 6 nitrogen and oxygen atoms in total. The lowest BCUT2D eigenvalue weighted by atomic mass is 10.2. The summed E-state index contributed by atoms with van der Waals surface area (Å²) in [5, 5.41) is 0. The molecule has 0 atom stereocenters. The van der Waals surface area contributed by atoms with E-state index >= 15 is 0 Å². The van der Waals surface area contributed by atoms with Crippen LogP contribution in [0.25, 0.3) is 0 Å². The highest BCUT2D eigenvalue weighted by Crippen LogP contribution is 2.04. The van der Waals surface area contributed by atoms with Crippen molar-refractivity contribution in [3.8, 4) is 0 Å². The number of hydrogen-bond donors (Lipinski definition) is 0. The number of esters is 1. The van der Waals surface area contributed by atoms with E-state index in [0.29, 0.717) is 6.54 Å². The first-order valence-corrected chi connectivity index (χ1v) is 11.1. The van der Waals surface area contributed by atoms with Gasteiger partial charge < -0.3 is 19.4 Å². The van der Waals surface area contributed by atoms with Crippen LogP contribution in [0.1, 0.15) is 46.5 Å². The molecule has 1 saturated heterocycles. The third-order valence-corrected chi connectivity index (χ3v) is 5.42. The Bertz CT molecular complexity index is 381. The van der Waals surface area contributed by atoms with Crippen molar-refractivity contribution < 1.29 is 9.53 Å². The first-order valence-electron chi connectivity index (χ1n) is 11.1. The molecule has 6 heteroatoms. The number of carbonyl (C=O) groups excluding carboxylic acids is 1. The van der Waals surface area contributed by atoms with E-state index < -0.39 is 0 Å². The molecule has 0 aliphatic carbocycles. The summed E-state index contributed by atoms with van der Waals surface area (Å²) in [5.41, 5.74) is 0. The van der Waals surface area contributed by atoms with Crippen LogP contribution < -0.4 is 0 Å². The van der Waals surface area contributed by atoms with Gasteiger partial charge in [-0.1, -0.05) is 27.2 Å². The maximum absolute atomic E-state index is 11.8. The lowest BCUT2D eigenvalue weighted by molar-refractivity contribution is -0.142. The highest BCUT2D eigenvalue weighted by atomic mass is 16.5. The number of carbonyl (C=O) groups is 1. The molecule has 0 spiro atoms. The zero-order valence-electron chi connectivity index (χ0n) is 18.4. The molecule has 27 heavy (non-hydrogen) atoms. The van der Waals surface area contributed by atoms with Gasteiger partial charge >= 0.3 is 5.97 Å². The standard InChI is InChI=1S/C21H44N4O2/c1-5-8-11-24-15-14-22(9-6-2)12-13-23(10-7-3)16-18-25(19-17-24)20-21(26)27-4/h5-20H2,1-4H3. The molecule has 0 N–H and O–H groups in total. The van der Waals surface area contributed by atoms with Gasteiger partial charge in [-0.05, 0) is 38.9 Å². The van der Waals surface area contributed by atoms with E-state index in [1.807, 2.05) is 0 Å². The summed E-state index contributed by atoms with van der Waals surface area (Å²) >= 11 is 0. The molecule has 1 heterocycles. The van der Waals surface area contributed by atoms with Gasteiger partial charge in [0.2, 0.25) is 0 Å². The number of methoxy groups -OCH3 is 1. The number of hydrogen-bond acceptors (Lipinski definition) is 6. The van der Waals surface area contributed by atoms with Gasteiger partial charge in [0.15, 0.2) is 0 Å². The summed E-state index contributed by atoms with van der Waals surface area (Å²) in [6.07, 6.45) is 4.87. The van der Waals surface area contributed by atoms with Crippen LogP contribution in [0.5, 0.6) is 0 Å². The Kier molecular flexibility index (Phi) is 13.8. The molecule has 0 aromatic rings. The van der Waals surface area contributed by atoms with E-state index in [9.17, 15) is 4.79 Å². The molecular weight excluding hydrogens is 340 g/mol. The molecule has 0 aromatic heterocycles. The topological polar surface area (TPSA) is 39.3 Å². The van der Waals surface area contributed by atoms with E-state index in [2.05, 4.69) is 40.4 Å². The van der Waals surface area contributed by atoms with Gasteiger partial charge in [-0.2, -0.15) is 0 Å². The molecule has 0 amide bonds. The highest BCUT2D eigenvalue weighted by Gasteiger charge is 2.17. The first kappa shape index (κ1) is 24.3. The second kappa shape index (κ2) is 15.3. The molecule has 0 radical (unpaired) electrons. The number of rotatable bonds is 9. The summed E-state index contributed by atoms with van der Waals surface area (Å²) in [6, 6.07) is 0. The van der Waals surface area contributed by atoms with Crippen molar-refractivity contribution in [1.29, 1.82) is 0 Å². The zero-order chi connectivity index (χ0) is 19.9.